The Morgan fingerprint density at radius 1 is 1.35 bits per heavy atom. The maximum atomic E-state index is 12.0. The number of nitrogens with one attached hydrogen (secondary N) is 1. The van der Waals surface area contributed by atoms with E-state index in [2.05, 4.69) is 18.0 Å². The van der Waals surface area contributed by atoms with Gasteiger partial charge in [-0.3, -0.25) is 4.79 Å². The summed E-state index contributed by atoms with van der Waals surface area (Å²) in [6.07, 6.45) is 1.68. The normalized spacial score (nSPS) is 10.1. The number of hydrogen-bond acceptors (Lipinski definition) is 3. The third kappa shape index (κ3) is 3.71. The average Bonchev–Trinajstić information content (AvgIpc) is 2.88. The summed E-state index contributed by atoms with van der Waals surface area (Å²) in [6, 6.07) is 9.14. The number of benzene rings is 1. The SMILES string of the molecule is C=CCOc1ccc(C(=O)NCc2sccc2C)cc1. The van der Waals surface area contributed by atoms with Crippen molar-refractivity contribution in [3.05, 3.63) is 64.4 Å². The lowest BCUT2D eigenvalue weighted by molar-refractivity contribution is 0.0951. The Kier molecular flexibility index (Phi) is 4.96. The minimum Gasteiger partial charge on any atom is -0.490 e. The van der Waals surface area contributed by atoms with Gasteiger partial charge in [-0.2, -0.15) is 0 Å². The van der Waals surface area contributed by atoms with Crippen molar-refractivity contribution < 1.29 is 9.53 Å². The molecule has 1 aromatic carbocycles. The Hall–Kier alpha value is -2.07. The maximum absolute atomic E-state index is 12.0. The molecule has 0 unspecified atom stereocenters. The fourth-order valence-electron chi connectivity index (χ4n) is 1.71. The highest BCUT2D eigenvalue weighted by molar-refractivity contribution is 7.10. The van der Waals surface area contributed by atoms with E-state index >= 15 is 0 Å². The molecular formula is C16H17NO2S. The van der Waals surface area contributed by atoms with Crippen molar-refractivity contribution in [2.75, 3.05) is 6.61 Å². The van der Waals surface area contributed by atoms with E-state index in [-0.39, 0.29) is 5.91 Å². The van der Waals surface area contributed by atoms with Crippen LogP contribution in [0, 0.1) is 6.92 Å². The van der Waals surface area contributed by atoms with E-state index in [0.29, 0.717) is 18.7 Å². The van der Waals surface area contributed by atoms with Gasteiger partial charge in [0.15, 0.2) is 0 Å². The van der Waals surface area contributed by atoms with Gasteiger partial charge in [-0.15, -0.1) is 11.3 Å². The second kappa shape index (κ2) is 6.91. The van der Waals surface area contributed by atoms with Crippen LogP contribution in [0.25, 0.3) is 0 Å². The predicted octanol–water partition coefficient (Wildman–Crippen LogP) is 3.55. The van der Waals surface area contributed by atoms with Gasteiger partial charge in [-0.25, -0.2) is 0 Å². The number of hydrogen-bond donors (Lipinski definition) is 1. The van der Waals surface area contributed by atoms with Gasteiger partial charge in [-0.1, -0.05) is 12.7 Å². The van der Waals surface area contributed by atoms with E-state index in [9.17, 15) is 4.79 Å². The Morgan fingerprint density at radius 2 is 2.10 bits per heavy atom. The van der Waals surface area contributed by atoms with Gasteiger partial charge >= 0.3 is 0 Å². The van der Waals surface area contributed by atoms with E-state index in [1.807, 2.05) is 12.3 Å². The second-order valence-electron chi connectivity index (χ2n) is 4.33. The first kappa shape index (κ1) is 14.3. The van der Waals surface area contributed by atoms with Crippen LogP contribution in [0.4, 0.5) is 0 Å². The molecule has 0 radical (unpaired) electrons. The first-order valence-electron chi connectivity index (χ1n) is 6.35. The molecule has 0 saturated heterocycles. The van der Waals surface area contributed by atoms with E-state index in [1.54, 1.807) is 41.7 Å². The third-order valence-electron chi connectivity index (χ3n) is 2.86. The first-order valence-corrected chi connectivity index (χ1v) is 7.23. The monoisotopic (exact) mass is 287 g/mol. The van der Waals surface area contributed by atoms with Crippen LogP contribution in [-0.4, -0.2) is 12.5 Å². The van der Waals surface area contributed by atoms with Gasteiger partial charge in [0, 0.05) is 10.4 Å². The molecule has 0 saturated carbocycles. The van der Waals surface area contributed by atoms with E-state index < -0.39 is 0 Å². The van der Waals surface area contributed by atoms with Crippen LogP contribution < -0.4 is 10.1 Å². The molecule has 1 aromatic heterocycles. The number of thiophene rings is 1. The average molecular weight is 287 g/mol. The Bertz CT molecular complexity index is 587. The molecule has 0 aliphatic carbocycles. The molecule has 2 rings (SSSR count). The summed E-state index contributed by atoms with van der Waals surface area (Å²) in [4.78, 5) is 13.2. The Balaban J connectivity index is 1.92. The molecule has 0 bridgehead atoms. The Labute approximate surface area is 122 Å². The van der Waals surface area contributed by atoms with Crippen LogP contribution in [0.2, 0.25) is 0 Å². The minimum atomic E-state index is -0.0759. The molecule has 0 aliphatic heterocycles. The second-order valence-corrected chi connectivity index (χ2v) is 5.33. The topological polar surface area (TPSA) is 38.3 Å². The van der Waals surface area contributed by atoms with Crippen molar-refractivity contribution in [1.29, 1.82) is 0 Å². The molecule has 1 heterocycles. The van der Waals surface area contributed by atoms with Crippen molar-refractivity contribution in [3.63, 3.8) is 0 Å². The summed E-state index contributed by atoms with van der Waals surface area (Å²) in [5, 5.41) is 4.95. The van der Waals surface area contributed by atoms with E-state index in [1.165, 1.54) is 10.4 Å². The van der Waals surface area contributed by atoms with Crippen molar-refractivity contribution in [2.45, 2.75) is 13.5 Å². The lowest BCUT2D eigenvalue weighted by atomic mass is 10.2. The molecule has 0 fully saturated rings. The van der Waals surface area contributed by atoms with Crippen LogP contribution >= 0.6 is 11.3 Å². The minimum absolute atomic E-state index is 0.0759. The lowest BCUT2D eigenvalue weighted by Gasteiger charge is -2.06. The van der Waals surface area contributed by atoms with Gasteiger partial charge in [0.2, 0.25) is 0 Å². The highest BCUT2D eigenvalue weighted by atomic mass is 32.1. The number of carbonyl (C=O) groups excluding carboxylic acids is 1. The zero-order valence-electron chi connectivity index (χ0n) is 11.4. The molecule has 20 heavy (non-hydrogen) atoms. The maximum Gasteiger partial charge on any atom is 0.251 e. The van der Waals surface area contributed by atoms with E-state index in [4.69, 9.17) is 4.74 Å². The number of amides is 1. The predicted molar refractivity (Wildman–Crippen MR) is 82.4 cm³/mol. The summed E-state index contributed by atoms with van der Waals surface area (Å²) in [5.74, 6) is 0.656. The van der Waals surface area contributed by atoms with Crippen molar-refractivity contribution >= 4 is 17.2 Å². The Morgan fingerprint density at radius 3 is 2.70 bits per heavy atom. The fraction of sp³-hybridized carbons (Fsp3) is 0.188. The highest BCUT2D eigenvalue weighted by Crippen LogP contribution is 2.16. The molecule has 0 spiro atoms. The summed E-state index contributed by atoms with van der Waals surface area (Å²) >= 11 is 1.65. The van der Waals surface area contributed by atoms with Crippen LogP contribution in [-0.2, 0) is 6.54 Å². The number of aryl methyl sites for hydroxylation is 1. The molecule has 2 aromatic rings. The lowest BCUT2D eigenvalue weighted by Crippen LogP contribution is -2.22. The molecular weight excluding hydrogens is 270 g/mol. The number of ether oxygens (including phenoxy) is 1. The summed E-state index contributed by atoms with van der Waals surface area (Å²) < 4.78 is 5.38. The van der Waals surface area contributed by atoms with Crippen LogP contribution in [0.15, 0.2) is 48.4 Å². The van der Waals surface area contributed by atoms with Gasteiger partial charge < -0.3 is 10.1 Å². The van der Waals surface area contributed by atoms with Crippen LogP contribution in [0.3, 0.4) is 0 Å². The molecule has 0 aliphatic rings. The van der Waals surface area contributed by atoms with E-state index in [0.717, 1.165) is 5.75 Å². The molecule has 4 heteroatoms. The zero-order valence-corrected chi connectivity index (χ0v) is 12.2. The third-order valence-corrected chi connectivity index (χ3v) is 3.89. The zero-order chi connectivity index (χ0) is 14.4. The largest absolute Gasteiger partial charge is 0.490 e. The highest BCUT2D eigenvalue weighted by Gasteiger charge is 2.07. The van der Waals surface area contributed by atoms with Crippen molar-refractivity contribution in [3.8, 4) is 5.75 Å². The molecule has 104 valence electrons. The van der Waals surface area contributed by atoms with Crippen LogP contribution in [0.1, 0.15) is 20.8 Å². The molecule has 3 nitrogen and oxygen atoms in total. The van der Waals surface area contributed by atoms with Crippen molar-refractivity contribution in [1.82, 2.24) is 5.32 Å². The number of carbonyl (C=O) groups is 1. The summed E-state index contributed by atoms with van der Waals surface area (Å²) in [6.45, 7) is 6.66. The summed E-state index contributed by atoms with van der Waals surface area (Å²) in [7, 11) is 0. The quantitative estimate of drug-likeness (QED) is 0.825. The van der Waals surface area contributed by atoms with Crippen LogP contribution in [0.5, 0.6) is 5.75 Å². The summed E-state index contributed by atoms with van der Waals surface area (Å²) in [5.41, 5.74) is 1.84. The molecule has 0 atom stereocenters. The molecule has 1 amide bonds. The van der Waals surface area contributed by atoms with Gasteiger partial charge in [0.1, 0.15) is 12.4 Å². The fourth-order valence-corrected chi connectivity index (χ4v) is 2.55. The standard InChI is InChI=1S/C16H17NO2S/c1-3-9-19-14-6-4-13(5-7-14)16(18)17-11-15-12(2)8-10-20-15/h3-8,10H,1,9,11H2,2H3,(H,17,18). The smallest absolute Gasteiger partial charge is 0.251 e. The van der Waals surface area contributed by atoms with Gasteiger partial charge in [0.25, 0.3) is 5.91 Å². The van der Waals surface area contributed by atoms with Gasteiger partial charge in [0.05, 0.1) is 6.54 Å². The van der Waals surface area contributed by atoms with Crippen molar-refractivity contribution in [2.24, 2.45) is 0 Å². The number of rotatable bonds is 6. The molecule has 1 N–H and O–H groups in total. The van der Waals surface area contributed by atoms with Gasteiger partial charge in [-0.05, 0) is 48.2 Å². The first-order chi connectivity index (χ1) is 9.70.